The van der Waals surface area contributed by atoms with Crippen LogP contribution in [-0.4, -0.2) is 64.5 Å². The number of rotatable bonds is 7. The summed E-state index contributed by atoms with van der Waals surface area (Å²) in [6, 6.07) is 2.99. The molecule has 212 valence electrons. The Morgan fingerprint density at radius 3 is 2.88 bits per heavy atom. The average Bonchev–Trinajstić information content (AvgIpc) is 3.75. The van der Waals surface area contributed by atoms with E-state index >= 15 is 4.39 Å². The van der Waals surface area contributed by atoms with Crippen molar-refractivity contribution in [2.45, 2.75) is 50.8 Å². The largest absolute Gasteiger partial charge is 0.456 e. The minimum Gasteiger partial charge on any atom is -0.456 e. The standard InChI is InChI=1S/C26H24ClFN8O5/c1-14-8-19(26(39)41-12-20(37)15-10-30-34(11-15)22-4-2-3-7-40-22)36-21(38)9-17(31-25(14)36)23-18(35-13-29-32-33-35)6-5-16(27)24(23)28/h5-6,9-11,13-14,19,22H,2-4,7-8,12H2,1H3. The number of fused-ring (bicyclic) bond motifs is 1. The second-order valence-corrected chi connectivity index (χ2v) is 10.3. The van der Waals surface area contributed by atoms with Gasteiger partial charge in [-0.05, 0) is 48.2 Å². The van der Waals surface area contributed by atoms with Crippen LogP contribution in [0.3, 0.4) is 0 Å². The van der Waals surface area contributed by atoms with Crippen LogP contribution in [0.2, 0.25) is 5.02 Å². The first-order valence-corrected chi connectivity index (χ1v) is 13.4. The number of carbonyl (C=O) groups is 2. The van der Waals surface area contributed by atoms with Crippen LogP contribution in [0.25, 0.3) is 16.9 Å². The molecule has 4 aromatic rings. The van der Waals surface area contributed by atoms with Gasteiger partial charge in [0.1, 0.15) is 24.4 Å². The van der Waals surface area contributed by atoms with Crippen molar-refractivity contribution in [3.05, 3.63) is 69.5 Å². The topological polar surface area (TPSA) is 149 Å². The predicted molar refractivity (Wildman–Crippen MR) is 140 cm³/mol. The molecule has 3 unspecified atom stereocenters. The van der Waals surface area contributed by atoms with Gasteiger partial charge in [-0.2, -0.15) is 9.78 Å². The van der Waals surface area contributed by atoms with Crippen molar-refractivity contribution in [1.82, 2.24) is 39.5 Å². The Bertz CT molecular complexity index is 1680. The van der Waals surface area contributed by atoms with Crippen molar-refractivity contribution in [3.63, 3.8) is 0 Å². The van der Waals surface area contributed by atoms with Crippen LogP contribution in [0.15, 0.2) is 41.7 Å². The third kappa shape index (κ3) is 5.04. The van der Waals surface area contributed by atoms with Gasteiger partial charge in [0.05, 0.1) is 33.7 Å². The van der Waals surface area contributed by atoms with Gasteiger partial charge in [-0.3, -0.25) is 14.2 Å². The Balaban J connectivity index is 1.22. The van der Waals surface area contributed by atoms with Crippen LogP contribution in [0.4, 0.5) is 4.39 Å². The molecule has 3 aromatic heterocycles. The Morgan fingerprint density at radius 1 is 1.27 bits per heavy atom. The first-order valence-electron chi connectivity index (χ1n) is 13.0. The van der Waals surface area contributed by atoms with Crippen LogP contribution in [0.5, 0.6) is 0 Å². The Labute approximate surface area is 236 Å². The van der Waals surface area contributed by atoms with E-state index in [2.05, 4.69) is 25.6 Å². The first kappa shape index (κ1) is 26.9. The molecule has 41 heavy (non-hydrogen) atoms. The monoisotopic (exact) mass is 582 g/mol. The SMILES string of the molecule is CC1CC(C(=O)OCC(=O)c2cnn(C3CCCCO3)c2)n2c1nc(-c1c(-n3cnnn3)ccc(Cl)c1F)cc2=O. The van der Waals surface area contributed by atoms with Gasteiger partial charge in [0.2, 0.25) is 5.78 Å². The fraction of sp³-hybridized carbons (Fsp3) is 0.385. The maximum Gasteiger partial charge on any atom is 0.329 e. The lowest BCUT2D eigenvalue weighted by Crippen LogP contribution is -2.30. The second-order valence-electron chi connectivity index (χ2n) is 9.93. The van der Waals surface area contributed by atoms with Crippen LogP contribution >= 0.6 is 11.6 Å². The number of hydrogen-bond acceptors (Lipinski definition) is 10. The van der Waals surface area contributed by atoms with E-state index in [0.29, 0.717) is 6.61 Å². The summed E-state index contributed by atoms with van der Waals surface area (Å²) in [6.45, 7) is 1.91. The van der Waals surface area contributed by atoms with Crippen LogP contribution in [0.1, 0.15) is 67.0 Å². The van der Waals surface area contributed by atoms with Gasteiger partial charge in [0, 0.05) is 24.8 Å². The lowest BCUT2D eigenvalue weighted by molar-refractivity contribution is -0.146. The lowest BCUT2D eigenvalue weighted by Gasteiger charge is -2.22. The molecule has 13 nitrogen and oxygen atoms in total. The maximum atomic E-state index is 15.3. The van der Waals surface area contributed by atoms with E-state index in [1.165, 1.54) is 33.9 Å². The van der Waals surface area contributed by atoms with Crippen LogP contribution < -0.4 is 5.56 Å². The third-order valence-corrected chi connectivity index (χ3v) is 7.52. The fourth-order valence-corrected chi connectivity index (χ4v) is 5.34. The molecular formula is C26H24ClFN8O5. The highest BCUT2D eigenvalue weighted by atomic mass is 35.5. The van der Waals surface area contributed by atoms with Gasteiger partial charge >= 0.3 is 5.97 Å². The molecule has 0 spiro atoms. The molecule has 2 aliphatic rings. The summed E-state index contributed by atoms with van der Waals surface area (Å²) in [7, 11) is 0. The highest BCUT2D eigenvalue weighted by molar-refractivity contribution is 6.31. The number of hydrogen-bond donors (Lipinski definition) is 0. The molecule has 0 radical (unpaired) electrons. The molecule has 1 fully saturated rings. The summed E-state index contributed by atoms with van der Waals surface area (Å²) >= 11 is 6.05. The van der Waals surface area contributed by atoms with Crippen LogP contribution in [0, 0.1) is 5.82 Å². The van der Waals surface area contributed by atoms with Gasteiger partial charge in [-0.25, -0.2) is 18.9 Å². The number of tetrazole rings is 1. The molecular weight excluding hydrogens is 559 g/mol. The Hall–Kier alpha value is -4.30. The first-order chi connectivity index (χ1) is 19.8. The van der Waals surface area contributed by atoms with E-state index in [0.717, 1.165) is 25.3 Å². The van der Waals surface area contributed by atoms with E-state index in [4.69, 9.17) is 21.1 Å². The van der Waals surface area contributed by atoms with E-state index in [1.807, 2.05) is 0 Å². The number of ketones is 1. The minimum absolute atomic E-state index is 0.0155. The highest BCUT2D eigenvalue weighted by Gasteiger charge is 2.37. The molecule has 2 aliphatic heterocycles. The van der Waals surface area contributed by atoms with Crippen molar-refractivity contribution in [2.24, 2.45) is 0 Å². The number of esters is 1. The molecule has 0 saturated carbocycles. The number of ether oxygens (including phenoxy) is 2. The van der Waals surface area contributed by atoms with Gasteiger partial charge in [0.25, 0.3) is 5.56 Å². The zero-order valence-corrected chi connectivity index (χ0v) is 22.6. The molecule has 0 bridgehead atoms. The molecule has 3 atom stereocenters. The van der Waals surface area contributed by atoms with Gasteiger partial charge in [0.15, 0.2) is 12.4 Å². The summed E-state index contributed by atoms with van der Waals surface area (Å²) in [4.78, 5) is 43.6. The fourth-order valence-electron chi connectivity index (χ4n) is 5.18. The zero-order valence-electron chi connectivity index (χ0n) is 21.8. The highest BCUT2D eigenvalue weighted by Crippen LogP contribution is 2.37. The number of benzene rings is 1. The van der Waals surface area contributed by atoms with Crippen molar-refractivity contribution in [3.8, 4) is 16.9 Å². The number of halogens is 2. The normalized spacial score (nSPS) is 20.1. The third-order valence-electron chi connectivity index (χ3n) is 7.23. The van der Waals surface area contributed by atoms with E-state index in [9.17, 15) is 14.4 Å². The molecule has 0 amide bonds. The molecule has 6 rings (SSSR count). The van der Waals surface area contributed by atoms with Gasteiger partial charge < -0.3 is 9.47 Å². The lowest BCUT2D eigenvalue weighted by atomic mass is 10.1. The summed E-state index contributed by atoms with van der Waals surface area (Å²) in [5.41, 5.74) is -0.113. The molecule has 1 aromatic carbocycles. The van der Waals surface area contributed by atoms with Gasteiger partial charge in [-0.15, -0.1) is 5.10 Å². The van der Waals surface area contributed by atoms with E-state index in [-0.39, 0.29) is 51.9 Å². The smallest absolute Gasteiger partial charge is 0.329 e. The van der Waals surface area contributed by atoms with Gasteiger partial charge in [-0.1, -0.05) is 18.5 Å². The molecule has 5 heterocycles. The van der Waals surface area contributed by atoms with Crippen molar-refractivity contribution in [1.29, 1.82) is 0 Å². The summed E-state index contributed by atoms with van der Waals surface area (Å²) in [5.74, 6) is -2.04. The van der Waals surface area contributed by atoms with E-state index < -0.39 is 35.8 Å². The Kier molecular flexibility index (Phi) is 7.17. The van der Waals surface area contributed by atoms with Crippen molar-refractivity contribution in [2.75, 3.05) is 13.2 Å². The predicted octanol–water partition coefficient (Wildman–Crippen LogP) is 3.05. The maximum absolute atomic E-state index is 15.3. The van der Waals surface area contributed by atoms with Crippen molar-refractivity contribution >= 4 is 23.4 Å². The van der Waals surface area contributed by atoms with Crippen LogP contribution in [-0.2, 0) is 14.3 Å². The molecule has 0 aliphatic carbocycles. The molecule has 15 heteroatoms. The number of Topliss-reactive ketones (excluding diaryl/α,β-unsaturated/α-hetero) is 1. The second kappa shape index (κ2) is 10.9. The quantitative estimate of drug-likeness (QED) is 0.235. The van der Waals surface area contributed by atoms with Crippen molar-refractivity contribution < 1.29 is 23.5 Å². The summed E-state index contributed by atoms with van der Waals surface area (Å²) in [5, 5.41) is 15.0. The average molecular weight is 583 g/mol. The molecule has 0 N–H and O–H groups in total. The Morgan fingerprint density at radius 2 is 2.12 bits per heavy atom. The number of carbonyl (C=O) groups excluding carboxylic acids is 2. The molecule has 1 saturated heterocycles. The summed E-state index contributed by atoms with van der Waals surface area (Å²) < 4.78 is 30.3. The zero-order chi connectivity index (χ0) is 28.7. The number of nitrogens with zero attached hydrogens (tertiary/aromatic N) is 8. The van der Waals surface area contributed by atoms with E-state index in [1.54, 1.807) is 17.8 Å². The summed E-state index contributed by atoms with van der Waals surface area (Å²) in [6.07, 6.45) is 7.06. The minimum atomic E-state index is -0.997. The number of aromatic nitrogens is 8.